The molecule has 2 aromatic heterocycles. The number of aromatic nitrogens is 3. The van der Waals surface area contributed by atoms with Crippen molar-refractivity contribution in [3.05, 3.63) is 63.7 Å². The summed E-state index contributed by atoms with van der Waals surface area (Å²) in [5, 5.41) is 15.2. The Morgan fingerprint density at radius 1 is 1.17 bits per heavy atom. The van der Waals surface area contributed by atoms with E-state index in [1.807, 2.05) is 20.8 Å². The number of piperidine rings is 1. The van der Waals surface area contributed by atoms with E-state index in [4.69, 9.17) is 14.9 Å². The van der Waals surface area contributed by atoms with Crippen LogP contribution in [0.15, 0.2) is 41.3 Å². The summed E-state index contributed by atoms with van der Waals surface area (Å²) in [5.74, 6) is -0.287. The molecule has 11 heteroatoms. The zero-order valence-electron chi connectivity index (χ0n) is 20.8. The zero-order chi connectivity index (χ0) is 26.0. The highest BCUT2D eigenvalue weighted by Crippen LogP contribution is 2.28. The van der Waals surface area contributed by atoms with Gasteiger partial charge in [0.25, 0.3) is 11.5 Å². The van der Waals surface area contributed by atoms with Gasteiger partial charge in [0.2, 0.25) is 0 Å². The summed E-state index contributed by atoms with van der Waals surface area (Å²) < 4.78 is 12.3. The lowest BCUT2D eigenvalue weighted by atomic mass is 9.93. The van der Waals surface area contributed by atoms with Gasteiger partial charge < -0.3 is 24.7 Å². The van der Waals surface area contributed by atoms with E-state index < -0.39 is 11.5 Å². The van der Waals surface area contributed by atoms with Crippen molar-refractivity contribution < 1.29 is 19.1 Å². The van der Waals surface area contributed by atoms with Crippen LogP contribution in [-0.4, -0.2) is 63.1 Å². The molecule has 2 amide bonds. The fourth-order valence-electron chi connectivity index (χ4n) is 4.25. The van der Waals surface area contributed by atoms with Crippen molar-refractivity contribution in [2.24, 2.45) is 0 Å². The SMILES string of the molecule is COc1ccccc1C(=N)NC(=O)c1cnn2c(C3CCN(C(=O)OC(C)(C)C)CC3)cc(=O)[nH]c12. The van der Waals surface area contributed by atoms with Gasteiger partial charge >= 0.3 is 6.09 Å². The molecule has 0 radical (unpaired) electrons. The van der Waals surface area contributed by atoms with E-state index in [1.165, 1.54) is 19.4 Å². The Morgan fingerprint density at radius 3 is 2.53 bits per heavy atom. The number of likely N-dealkylation sites (tertiary alicyclic amines) is 1. The van der Waals surface area contributed by atoms with Gasteiger partial charge in [-0.3, -0.25) is 15.0 Å². The standard InChI is InChI=1S/C25H30N6O5/c1-25(2,3)36-24(34)30-11-9-15(10-12-30)18-13-20(32)28-22-17(14-27-31(18)22)23(33)29-21(26)16-7-5-6-8-19(16)35-4/h5-8,13-15H,9-12H2,1-4H3,(H,28,32)(H2,26,29,33). The first-order valence-corrected chi connectivity index (χ1v) is 11.7. The fraction of sp³-hybridized carbons (Fsp3) is 0.400. The summed E-state index contributed by atoms with van der Waals surface area (Å²) in [5.41, 5.74) is 0.548. The highest BCUT2D eigenvalue weighted by Gasteiger charge is 2.29. The number of hydrogen-bond donors (Lipinski definition) is 3. The first-order chi connectivity index (χ1) is 17.1. The monoisotopic (exact) mass is 494 g/mol. The highest BCUT2D eigenvalue weighted by molar-refractivity contribution is 6.14. The van der Waals surface area contributed by atoms with E-state index in [-0.39, 0.29) is 34.6 Å². The maximum absolute atomic E-state index is 13.0. The number of para-hydroxylation sites is 1. The van der Waals surface area contributed by atoms with Crippen LogP contribution >= 0.6 is 0 Å². The minimum atomic E-state index is -0.576. The Balaban J connectivity index is 1.53. The van der Waals surface area contributed by atoms with Crippen LogP contribution in [0.2, 0.25) is 0 Å². The molecule has 0 bridgehead atoms. The smallest absolute Gasteiger partial charge is 0.410 e. The molecule has 1 aliphatic rings. The average molecular weight is 495 g/mol. The number of fused-ring (bicyclic) bond motifs is 1. The van der Waals surface area contributed by atoms with E-state index in [9.17, 15) is 14.4 Å². The number of H-pyrrole nitrogens is 1. The van der Waals surface area contributed by atoms with Crippen molar-refractivity contribution in [3.63, 3.8) is 0 Å². The lowest BCUT2D eigenvalue weighted by Crippen LogP contribution is -2.41. The Kier molecular flexibility index (Phi) is 6.82. The van der Waals surface area contributed by atoms with Crippen molar-refractivity contribution in [2.75, 3.05) is 20.2 Å². The lowest BCUT2D eigenvalue weighted by Gasteiger charge is -2.33. The van der Waals surface area contributed by atoms with Gasteiger partial charge in [0.15, 0.2) is 0 Å². The largest absolute Gasteiger partial charge is 0.496 e. The van der Waals surface area contributed by atoms with Crippen LogP contribution in [0.25, 0.3) is 5.65 Å². The number of amidine groups is 1. The van der Waals surface area contributed by atoms with E-state index in [2.05, 4.69) is 15.4 Å². The molecule has 0 unspecified atom stereocenters. The molecule has 11 nitrogen and oxygen atoms in total. The quantitative estimate of drug-likeness (QED) is 0.376. The molecule has 36 heavy (non-hydrogen) atoms. The molecule has 0 saturated carbocycles. The van der Waals surface area contributed by atoms with Crippen LogP contribution in [0.5, 0.6) is 5.75 Å². The molecular formula is C25H30N6O5. The first-order valence-electron chi connectivity index (χ1n) is 11.7. The molecule has 0 atom stereocenters. The number of methoxy groups -OCH3 is 1. The summed E-state index contributed by atoms with van der Waals surface area (Å²) in [4.78, 5) is 42.3. The van der Waals surface area contributed by atoms with Crippen LogP contribution < -0.4 is 15.6 Å². The van der Waals surface area contributed by atoms with Crippen molar-refractivity contribution in [3.8, 4) is 5.75 Å². The minimum Gasteiger partial charge on any atom is -0.496 e. The van der Waals surface area contributed by atoms with E-state index in [0.717, 1.165) is 0 Å². The second-order valence-electron chi connectivity index (χ2n) is 9.65. The van der Waals surface area contributed by atoms with Gasteiger partial charge in [-0.25, -0.2) is 9.31 Å². The number of carbonyl (C=O) groups is 2. The molecule has 3 N–H and O–H groups in total. The van der Waals surface area contributed by atoms with E-state index in [0.29, 0.717) is 42.9 Å². The summed E-state index contributed by atoms with van der Waals surface area (Å²) in [6.07, 6.45) is 2.26. The molecule has 3 aromatic rings. The van der Waals surface area contributed by atoms with E-state index in [1.54, 1.807) is 33.7 Å². The third-order valence-corrected chi connectivity index (χ3v) is 5.96. The third-order valence-electron chi connectivity index (χ3n) is 5.96. The molecule has 4 rings (SSSR count). The lowest BCUT2D eigenvalue weighted by molar-refractivity contribution is 0.0203. The van der Waals surface area contributed by atoms with Gasteiger partial charge in [-0.1, -0.05) is 12.1 Å². The Morgan fingerprint density at radius 2 is 1.86 bits per heavy atom. The van der Waals surface area contributed by atoms with Gasteiger partial charge in [0, 0.05) is 25.1 Å². The molecule has 1 saturated heterocycles. The molecule has 3 heterocycles. The number of rotatable bonds is 4. The maximum Gasteiger partial charge on any atom is 0.410 e. The number of aromatic amines is 1. The Bertz CT molecular complexity index is 1360. The van der Waals surface area contributed by atoms with Crippen molar-refractivity contribution in [2.45, 2.75) is 45.1 Å². The van der Waals surface area contributed by atoms with E-state index >= 15 is 0 Å². The summed E-state index contributed by atoms with van der Waals surface area (Å²) in [6.45, 7) is 6.45. The first kappa shape index (κ1) is 25.0. The van der Waals surface area contributed by atoms with Gasteiger partial charge in [-0.15, -0.1) is 0 Å². The molecular weight excluding hydrogens is 464 g/mol. The number of carbonyl (C=O) groups excluding carboxylic acids is 2. The van der Waals surface area contributed by atoms with Crippen LogP contribution in [0.1, 0.15) is 61.1 Å². The molecule has 1 aromatic carbocycles. The molecule has 0 aliphatic carbocycles. The van der Waals surface area contributed by atoms with Crippen LogP contribution in [0.3, 0.4) is 0 Å². The molecule has 190 valence electrons. The molecule has 1 fully saturated rings. The second-order valence-corrected chi connectivity index (χ2v) is 9.65. The van der Waals surface area contributed by atoms with Gasteiger partial charge in [-0.2, -0.15) is 5.10 Å². The Labute approximate surface area is 207 Å². The predicted molar refractivity (Wildman–Crippen MR) is 133 cm³/mol. The average Bonchev–Trinajstić information content (AvgIpc) is 3.26. The summed E-state index contributed by atoms with van der Waals surface area (Å²) >= 11 is 0. The van der Waals surface area contributed by atoms with Gasteiger partial charge in [0.05, 0.1) is 24.6 Å². The maximum atomic E-state index is 13.0. The second kappa shape index (κ2) is 9.84. The number of nitrogens with zero attached hydrogens (tertiary/aromatic N) is 3. The number of hydrogen-bond acceptors (Lipinski definition) is 7. The molecule has 0 spiro atoms. The summed E-state index contributed by atoms with van der Waals surface area (Å²) in [7, 11) is 1.49. The van der Waals surface area contributed by atoms with Crippen LogP contribution in [-0.2, 0) is 4.74 Å². The van der Waals surface area contributed by atoms with Crippen molar-refractivity contribution in [1.82, 2.24) is 24.8 Å². The van der Waals surface area contributed by atoms with Gasteiger partial charge in [0.1, 0.15) is 28.4 Å². The number of amides is 2. The van der Waals surface area contributed by atoms with Gasteiger partial charge in [-0.05, 0) is 45.7 Å². The highest BCUT2D eigenvalue weighted by atomic mass is 16.6. The number of benzene rings is 1. The number of ether oxygens (including phenoxy) is 2. The zero-order valence-corrected chi connectivity index (χ0v) is 20.8. The normalized spacial score (nSPS) is 14.5. The van der Waals surface area contributed by atoms with Crippen molar-refractivity contribution in [1.29, 1.82) is 5.41 Å². The number of nitrogens with one attached hydrogen (secondary N) is 3. The summed E-state index contributed by atoms with van der Waals surface area (Å²) in [6, 6.07) is 8.36. The topological polar surface area (TPSA) is 142 Å². The van der Waals surface area contributed by atoms with Crippen molar-refractivity contribution >= 4 is 23.5 Å². The molecule has 1 aliphatic heterocycles. The Hall–Kier alpha value is -4.15. The third kappa shape index (κ3) is 5.24. The van der Waals surface area contributed by atoms with Crippen LogP contribution in [0, 0.1) is 5.41 Å². The fourth-order valence-corrected chi connectivity index (χ4v) is 4.25. The predicted octanol–water partition coefficient (Wildman–Crippen LogP) is 2.90. The van der Waals surface area contributed by atoms with Crippen LogP contribution in [0.4, 0.5) is 4.79 Å². The minimum absolute atomic E-state index is 0.0313.